The third kappa shape index (κ3) is 4.18. The fraction of sp³-hybridized carbons (Fsp3) is 0.200. The van der Waals surface area contributed by atoms with E-state index >= 15 is 0 Å². The molecule has 0 aromatic heterocycles. The summed E-state index contributed by atoms with van der Waals surface area (Å²) in [5.74, 6) is 0.245. The van der Waals surface area contributed by atoms with E-state index < -0.39 is 0 Å². The summed E-state index contributed by atoms with van der Waals surface area (Å²) >= 11 is 0. The Labute approximate surface area is 242 Å². The first-order valence-corrected chi connectivity index (χ1v) is 14.7. The smallest absolute Gasteiger partial charge is 0.123 e. The highest BCUT2D eigenvalue weighted by molar-refractivity contribution is 6.03. The molecule has 0 aliphatic heterocycles. The van der Waals surface area contributed by atoms with Crippen molar-refractivity contribution in [3.8, 4) is 11.1 Å². The molecule has 7 rings (SSSR count). The van der Waals surface area contributed by atoms with E-state index in [2.05, 4.69) is 125 Å². The van der Waals surface area contributed by atoms with Crippen LogP contribution in [0.5, 0.6) is 0 Å². The number of hydrogen-bond acceptors (Lipinski definition) is 0. The molecule has 0 radical (unpaired) electrons. The SMILES string of the molecule is Cc1cc2c(c3ccccc13)-c1ccc(C(C)C(Cc3cccc(F)c3)c3cccc4ccccc34)cc1C2(C)C. The van der Waals surface area contributed by atoms with Crippen LogP contribution >= 0.6 is 0 Å². The molecule has 0 heterocycles. The number of benzene rings is 6. The maximum Gasteiger partial charge on any atom is 0.123 e. The van der Waals surface area contributed by atoms with Crippen LogP contribution in [0.1, 0.15) is 66.0 Å². The van der Waals surface area contributed by atoms with Gasteiger partial charge in [0.05, 0.1) is 0 Å². The monoisotopic (exact) mass is 534 g/mol. The van der Waals surface area contributed by atoms with Crippen molar-refractivity contribution in [2.75, 3.05) is 0 Å². The van der Waals surface area contributed by atoms with Crippen LogP contribution < -0.4 is 0 Å². The van der Waals surface area contributed by atoms with Gasteiger partial charge in [0.25, 0.3) is 0 Å². The fourth-order valence-corrected chi connectivity index (χ4v) is 7.34. The lowest BCUT2D eigenvalue weighted by Crippen LogP contribution is -2.17. The first-order chi connectivity index (χ1) is 19.8. The van der Waals surface area contributed by atoms with Gasteiger partial charge in [-0.15, -0.1) is 0 Å². The molecule has 1 aliphatic carbocycles. The molecule has 0 saturated heterocycles. The lowest BCUT2D eigenvalue weighted by Gasteiger charge is -2.28. The van der Waals surface area contributed by atoms with Crippen molar-refractivity contribution < 1.29 is 4.39 Å². The summed E-state index contributed by atoms with van der Waals surface area (Å²) < 4.78 is 14.3. The minimum atomic E-state index is -0.175. The van der Waals surface area contributed by atoms with Crippen LogP contribution in [0.2, 0.25) is 0 Å². The summed E-state index contributed by atoms with van der Waals surface area (Å²) in [6.07, 6.45) is 0.775. The summed E-state index contributed by atoms with van der Waals surface area (Å²) in [5.41, 5.74) is 10.5. The van der Waals surface area contributed by atoms with Gasteiger partial charge in [-0.1, -0.05) is 124 Å². The van der Waals surface area contributed by atoms with Crippen molar-refractivity contribution >= 4 is 21.5 Å². The lowest BCUT2D eigenvalue weighted by molar-refractivity contribution is 0.568. The minimum Gasteiger partial charge on any atom is -0.207 e. The Morgan fingerprint density at radius 3 is 2.20 bits per heavy atom. The molecule has 6 aromatic rings. The molecule has 202 valence electrons. The molecule has 1 heteroatoms. The van der Waals surface area contributed by atoms with Crippen LogP contribution in [0.3, 0.4) is 0 Å². The van der Waals surface area contributed by atoms with Gasteiger partial charge in [0, 0.05) is 5.41 Å². The highest BCUT2D eigenvalue weighted by Crippen LogP contribution is 2.53. The topological polar surface area (TPSA) is 0 Å². The van der Waals surface area contributed by atoms with E-state index in [4.69, 9.17) is 0 Å². The van der Waals surface area contributed by atoms with Crippen molar-refractivity contribution in [2.45, 2.75) is 51.4 Å². The van der Waals surface area contributed by atoms with Gasteiger partial charge in [-0.25, -0.2) is 4.39 Å². The third-order valence-electron chi connectivity index (χ3n) is 9.61. The zero-order valence-corrected chi connectivity index (χ0v) is 24.2. The Morgan fingerprint density at radius 2 is 1.39 bits per heavy atom. The Balaban J connectivity index is 1.37. The van der Waals surface area contributed by atoms with Crippen molar-refractivity contribution in [1.29, 1.82) is 0 Å². The predicted octanol–water partition coefficient (Wildman–Crippen LogP) is 10.9. The first-order valence-electron chi connectivity index (χ1n) is 14.7. The molecular weight excluding hydrogens is 499 g/mol. The second-order valence-electron chi connectivity index (χ2n) is 12.4. The lowest BCUT2D eigenvalue weighted by atomic mass is 9.75. The zero-order chi connectivity index (χ0) is 28.3. The van der Waals surface area contributed by atoms with Crippen LogP contribution in [0.25, 0.3) is 32.7 Å². The van der Waals surface area contributed by atoms with Gasteiger partial charge in [0.2, 0.25) is 0 Å². The van der Waals surface area contributed by atoms with E-state index in [1.54, 1.807) is 6.07 Å². The molecular formula is C40H35F. The average Bonchev–Trinajstić information content (AvgIpc) is 3.21. The van der Waals surface area contributed by atoms with Crippen LogP contribution in [-0.2, 0) is 11.8 Å². The molecule has 1 aliphatic rings. The molecule has 0 nitrogen and oxygen atoms in total. The fourth-order valence-electron chi connectivity index (χ4n) is 7.34. The maximum absolute atomic E-state index is 14.3. The molecule has 6 aromatic carbocycles. The number of aryl methyl sites for hydroxylation is 1. The van der Waals surface area contributed by atoms with E-state index in [0.29, 0.717) is 0 Å². The number of rotatable bonds is 5. The maximum atomic E-state index is 14.3. The Morgan fingerprint density at radius 1 is 0.683 bits per heavy atom. The summed E-state index contributed by atoms with van der Waals surface area (Å²) in [6.45, 7) is 9.32. The molecule has 2 unspecified atom stereocenters. The number of halogens is 1. The zero-order valence-electron chi connectivity index (χ0n) is 24.2. The van der Waals surface area contributed by atoms with Gasteiger partial charge in [0.1, 0.15) is 5.82 Å². The van der Waals surface area contributed by atoms with Crippen LogP contribution in [-0.4, -0.2) is 0 Å². The van der Waals surface area contributed by atoms with Gasteiger partial charge < -0.3 is 0 Å². The summed E-state index contributed by atoms with van der Waals surface area (Å²) in [6, 6.07) is 40.8. The molecule has 0 spiro atoms. The van der Waals surface area contributed by atoms with Crippen molar-refractivity contribution in [3.63, 3.8) is 0 Å². The predicted molar refractivity (Wildman–Crippen MR) is 171 cm³/mol. The molecule has 0 amide bonds. The van der Waals surface area contributed by atoms with Gasteiger partial charge in [-0.05, 0) is 103 Å². The molecule has 0 saturated carbocycles. The quantitative estimate of drug-likeness (QED) is 0.206. The second-order valence-corrected chi connectivity index (χ2v) is 12.4. The Kier molecular flexibility index (Phi) is 6.08. The van der Waals surface area contributed by atoms with Crippen LogP contribution in [0.4, 0.5) is 4.39 Å². The normalized spacial score (nSPS) is 15.0. The summed E-state index contributed by atoms with van der Waals surface area (Å²) in [4.78, 5) is 0. The van der Waals surface area contributed by atoms with Gasteiger partial charge >= 0.3 is 0 Å². The van der Waals surface area contributed by atoms with E-state index in [1.165, 1.54) is 66.6 Å². The third-order valence-corrected chi connectivity index (χ3v) is 9.61. The minimum absolute atomic E-state index is 0.0906. The van der Waals surface area contributed by atoms with Crippen molar-refractivity contribution in [1.82, 2.24) is 0 Å². The summed E-state index contributed by atoms with van der Waals surface area (Å²) in [5, 5.41) is 5.20. The van der Waals surface area contributed by atoms with Gasteiger partial charge in [-0.2, -0.15) is 0 Å². The molecule has 41 heavy (non-hydrogen) atoms. The van der Waals surface area contributed by atoms with Crippen LogP contribution in [0, 0.1) is 12.7 Å². The Hall–Kier alpha value is -4.23. The number of hydrogen-bond donors (Lipinski definition) is 0. The Bertz CT molecular complexity index is 1940. The van der Waals surface area contributed by atoms with Gasteiger partial charge in [0.15, 0.2) is 0 Å². The highest BCUT2D eigenvalue weighted by atomic mass is 19.1. The average molecular weight is 535 g/mol. The van der Waals surface area contributed by atoms with Crippen LogP contribution in [0.15, 0.2) is 115 Å². The molecule has 0 fully saturated rings. The van der Waals surface area contributed by atoms with Crippen molar-refractivity contribution in [2.24, 2.45) is 0 Å². The van der Waals surface area contributed by atoms with E-state index in [-0.39, 0.29) is 23.1 Å². The highest BCUT2D eigenvalue weighted by Gasteiger charge is 2.37. The largest absolute Gasteiger partial charge is 0.207 e. The van der Waals surface area contributed by atoms with E-state index in [9.17, 15) is 4.39 Å². The summed E-state index contributed by atoms with van der Waals surface area (Å²) in [7, 11) is 0. The van der Waals surface area contributed by atoms with E-state index in [1.807, 2.05) is 6.07 Å². The second kappa shape index (κ2) is 9.70. The standard InChI is InChI=1S/C40H35F/c1-25-21-38-39(34-17-8-7-15-31(25)34)35-20-19-29(24-37(35)40(38,3)4)26(2)36(23-27-11-9-14-30(41)22-27)33-18-10-13-28-12-5-6-16-32(28)33/h5-22,24,26,36H,23H2,1-4H3. The molecule has 0 bridgehead atoms. The van der Waals surface area contributed by atoms with Crippen molar-refractivity contribution in [3.05, 3.63) is 154 Å². The van der Waals surface area contributed by atoms with Gasteiger partial charge in [-0.3, -0.25) is 0 Å². The first kappa shape index (κ1) is 25.7. The molecule has 2 atom stereocenters. The number of fused-ring (bicyclic) bond motifs is 6. The van der Waals surface area contributed by atoms with E-state index in [0.717, 1.165) is 12.0 Å². The molecule has 0 N–H and O–H groups in total.